The van der Waals surface area contributed by atoms with Gasteiger partial charge in [0, 0.05) is 44.0 Å². The van der Waals surface area contributed by atoms with Crippen LogP contribution in [0.1, 0.15) is 45.2 Å². The van der Waals surface area contributed by atoms with Crippen LogP contribution in [0.5, 0.6) is 0 Å². The van der Waals surface area contributed by atoms with Gasteiger partial charge >= 0.3 is 0 Å². The van der Waals surface area contributed by atoms with Gasteiger partial charge in [-0.2, -0.15) is 0 Å². The minimum absolute atomic E-state index is 0.290. The number of piperazine rings is 1. The maximum Gasteiger partial charge on any atom is 0.137 e. The molecule has 0 amide bonds. The summed E-state index contributed by atoms with van der Waals surface area (Å²) in [4.78, 5) is 13.6. The third-order valence-electron chi connectivity index (χ3n) is 7.24. The van der Waals surface area contributed by atoms with Gasteiger partial charge in [0.15, 0.2) is 0 Å². The van der Waals surface area contributed by atoms with Crippen LogP contribution in [0.4, 0.5) is 0 Å². The number of nitrogens with zero attached hydrogens (tertiary/aromatic N) is 3. The number of hydrogen-bond acceptors (Lipinski definition) is 3. The van der Waals surface area contributed by atoms with E-state index in [2.05, 4.69) is 115 Å². The number of rotatable bonds is 6. The molecule has 0 saturated carbocycles. The highest BCUT2D eigenvalue weighted by Gasteiger charge is 2.27. The first-order chi connectivity index (χ1) is 17.0. The fourth-order valence-electron chi connectivity index (χ4n) is 5.00. The van der Waals surface area contributed by atoms with Crippen LogP contribution >= 0.6 is 0 Å². The highest BCUT2D eigenvalue weighted by atomic mass is 15.3. The Labute approximate surface area is 209 Å². The average Bonchev–Trinajstić information content (AvgIpc) is 3.23. The third-order valence-corrected chi connectivity index (χ3v) is 7.24. The molecule has 3 aromatic carbocycles. The molecule has 1 N–H and O–H groups in total. The molecule has 1 aromatic heterocycles. The summed E-state index contributed by atoms with van der Waals surface area (Å²) in [7, 11) is 0. The van der Waals surface area contributed by atoms with Crippen molar-refractivity contribution in [2.75, 3.05) is 26.2 Å². The second-order valence-electron chi connectivity index (χ2n) is 10.1. The Kier molecular flexibility index (Phi) is 6.85. The summed E-state index contributed by atoms with van der Waals surface area (Å²) in [5.41, 5.74) is 10.1. The van der Waals surface area contributed by atoms with Gasteiger partial charge in [0.1, 0.15) is 5.82 Å². The molecule has 0 spiro atoms. The molecular formula is C31H36N4. The zero-order chi connectivity index (χ0) is 24.4. The predicted octanol–water partition coefficient (Wildman–Crippen LogP) is 6.22. The smallest absolute Gasteiger partial charge is 0.137 e. The van der Waals surface area contributed by atoms with E-state index in [9.17, 15) is 0 Å². The quantitative estimate of drug-likeness (QED) is 0.368. The Morgan fingerprint density at radius 3 is 1.69 bits per heavy atom. The van der Waals surface area contributed by atoms with Crippen molar-refractivity contribution in [1.29, 1.82) is 0 Å². The van der Waals surface area contributed by atoms with E-state index < -0.39 is 0 Å². The molecule has 1 aliphatic heterocycles. The van der Waals surface area contributed by atoms with Crippen molar-refractivity contribution < 1.29 is 0 Å². The predicted molar refractivity (Wildman–Crippen MR) is 145 cm³/mol. The number of aromatic amines is 1. The van der Waals surface area contributed by atoms with Crippen LogP contribution in [0.3, 0.4) is 0 Å². The van der Waals surface area contributed by atoms with E-state index in [-0.39, 0.29) is 0 Å². The normalized spacial score (nSPS) is 15.1. The molecule has 5 rings (SSSR count). The molecule has 1 saturated heterocycles. The molecule has 4 heteroatoms. The standard InChI is InChI=1S/C31H36N4/c1-22-5-11-26(12-6-22)30(27-13-7-23(2)8-14-27)35-19-17-34(18-20-35)21-29-25(4)32-31(33-29)28-15-9-24(3)10-16-28/h5-16,30H,17-21H2,1-4H3,(H,32,33). The van der Waals surface area contributed by atoms with Gasteiger partial charge < -0.3 is 4.98 Å². The second-order valence-corrected chi connectivity index (χ2v) is 10.1. The molecule has 1 fully saturated rings. The number of nitrogens with one attached hydrogen (secondary N) is 1. The van der Waals surface area contributed by atoms with Crippen LogP contribution in [-0.2, 0) is 6.54 Å². The highest BCUT2D eigenvalue weighted by molar-refractivity contribution is 5.56. The van der Waals surface area contributed by atoms with E-state index in [4.69, 9.17) is 4.98 Å². The van der Waals surface area contributed by atoms with Crippen LogP contribution in [0.25, 0.3) is 11.4 Å². The second kappa shape index (κ2) is 10.2. The molecule has 0 aliphatic carbocycles. The van der Waals surface area contributed by atoms with Gasteiger partial charge in [0.25, 0.3) is 0 Å². The molecule has 35 heavy (non-hydrogen) atoms. The Morgan fingerprint density at radius 1 is 0.686 bits per heavy atom. The lowest BCUT2D eigenvalue weighted by atomic mass is 9.95. The lowest BCUT2D eigenvalue weighted by molar-refractivity contribution is 0.104. The van der Waals surface area contributed by atoms with Crippen LogP contribution in [0, 0.1) is 27.7 Å². The minimum Gasteiger partial charge on any atom is -0.342 e. The zero-order valence-corrected chi connectivity index (χ0v) is 21.4. The van der Waals surface area contributed by atoms with Crippen molar-refractivity contribution in [1.82, 2.24) is 19.8 Å². The Bertz CT molecular complexity index is 1200. The lowest BCUT2D eigenvalue weighted by Gasteiger charge is -2.39. The molecule has 1 aliphatic rings. The maximum absolute atomic E-state index is 4.96. The minimum atomic E-state index is 0.290. The molecule has 180 valence electrons. The van der Waals surface area contributed by atoms with E-state index >= 15 is 0 Å². The van der Waals surface area contributed by atoms with Crippen molar-refractivity contribution in [2.24, 2.45) is 0 Å². The summed E-state index contributed by atoms with van der Waals surface area (Å²) < 4.78 is 0. The average molecular weight is 465 g/mol. The molecular weight excluding hydrogens is 428 g/mol. The molecule has 0 bridgehead atoms. The fourth-order valence-corrected chi connectivity index (χ4v) is 5.00. The van der Waals surface area contributed by atoms with Gasteiger partial charge in [0.2, 0.25) is 0 Å². The van der Waals surface area contributed by atoms with E-state index in [1.54, 1.807) is 0 Å². The lowest BCUT2D eigenvalue weighted by Crippen LogP contribution is -2.47. The first-order valence-corrected chi connectivity index (χ1v) is 12.7. The van der Waals surface area contributed by atoms with Gasteiger partial charge in [-0.3, -0.25) is 9.80 Å². The highest BCUT2D eigenvalue weighted by Crippen LogP contribution is 2.30. The van der Waals surface area contributed by atoms with E-state index in [1.807, 2.05) is 0 Å². The van der Waals surface area contributed by atoms with Gasteiger partial charge in [-0.05, 0) is 38.8 Å². The van der Waals surface area contributed by atoms with Crippen molar-refractivity contribution in [3.8, 4) is 11.4 Å². The van der Waals surface area contributed by atoms with Gasteiger partial charge in [-0.25, -0.2) is 4.98 Å². The van der Waals surface area contributed by atoms with E-state index in [1.165, 1.54) is 33.5 Å². The summed E-state index contributed by atoms with van der Waals surface area (Å²) in [5.74, 6) is 0.968. The van der Waals surface area contributed by atoms with E-state index in [0.717, 1.165) is 49.8 Å². The van der Waals surface area contributed by atoms with Crippen LogP contribution in [-0.4, -0.2) is 45.9 Å². The van der Waals surface area contributed by atoms with Gasteiger partial charge in [-0.15, -0.1) is 0 Å². The maximum atomic E-state index is 4.96. The largest absolute Gasteiger partial charge is 0.342 e. The van der Waals surface area contributed by atoms with Crippen LogP contribution in [0.2, 0.25) is 0 Å². The molecule has 4 aromatic rings. The topological polar surface area (TPSA) is 35.2 Å². The van der Waals surface area contributed by atoms with E-state index in [0.29, 0.717) is 6.04 Å². The first kappa shape index (κ1) is 23.5. The summed E-state index contributed by atoms with van der Waals surface area (Å²) in [6, 6.07) is 27.0. The summed E-state index contributed by atoms with van der Waals surface area (Å²) in [6.45, 7) is 13.6. The Morgan fingerprint density at radius 2 is 1.17 bits per heavy atom. The monoisotopic (exact) mass is 464 g/mol. The van der Waals surface area contributed by atoms with Gasteiger partial charge in [-0.1, -0.05) is 89.5 Å². The summed E-state index contributed by atoms with van der Waals surface area (Å²) in [6.07, 6.45) is 0. The number of H-pyrrole nitrogens is 1. The first-order valence-electron chi connectivity index (χ1n) is 12.7. The number of hydrogen-bond donors (Lipinski definition) is 1. The summed E-state index contributed by atoms with van der Waals surface area (Å²) >= 11 is 0. The molecule has 4 nitrogen and oxygen atoms in total. The van der Waals surface area contributed by atoms with Crippen LogP contribution < -0.4 is 0 Å². The van der Waals surface area contributed by atoms with Crippen molar-refractivity contribution in [3.63, 3.8) is 0 Å². The summed E-state index contributed by atoms with van der Waals surface area (Å²) in [5, 5.41) is 0. The number of benzene rings is 3. The number of aryl methyl sites for hydroxylation is 4. The van der Waals surface area contributed by atoms with Crippen LogP contribution in [0.15, 0.2) is 72.8 Å². The number of imidazole rings is 1. The fraction of sp³-hybridized carbons (Fsp3) is 0.323. The zero-order valence-electron chi connectivity index (χ0n) is 21.4. The molecule has 0 unspecified atom stereocenters. The Balaban J connectivity index is 1.29. The third kappa shape index (κ3) is 5.39. The van der Waals surface area contributed by atoms with Crippen molar-refractivity contribution >= 4 is 0 Å². The molecule has 2 heterocycles. The number of aromatic nitrogens is 2. The van der Waals surface area contributed by atoms with Crippen molar-refractivity contribution in [2.45, 2.75) is 40.3 Å². The Hall–Kier alpha value is -3.21. The van der Waals surface area contributed by atoms with Gasteiger partial charge in [0.05, 0.1) is 11.7 Å². The molecule has 0 atom stereocenters. The molecule has 0 radical (unpaired) electrons. The SMILES string of the molecule is Cc1ccc(-c2nc(CN3CCN(C(c4ccc(C)cc4)c4ccc(C)cc4)CC3)c(C)[nH]2)cc1. The van der Waals surface area contributed by atoms with Crippen molar-refractivity contribution in [3.05, 3.63) is 112 Å².